The molecule has 0 spiro atoms. The number of esters is 2. The third-order valence-electron chi connectivity index (χ3n) is 2.91. The van der Waals surface area contributed by atoms with Gasteiger partial charge in [0.25, 0.3) is 0 Å². The summed E-state index contributed by atoms with van der Waals surface area (Å²) < 4.78 is 9.28. The molecule has 0 bridgehead atoms. The fourth-order valence-electron chi connectivity index (χ4n) is 1.40. The van der Waals surface area contributed by atoms with Crippen LogP contribution in [0.2, 0.25) is 0 Å². The summed E-state index contributed by atoms with van der Waals surface area (Å²) in [7, 11) is 0. The van der Waals surface area contributed by atoms with Crippen molar-refractivity contribution in [2.24, 2.45) is 0 Å². The van der Waals surface area contributed by atoms with E-state index >= 15 is 0 Å². The van der Waals surface area contributed by atoms with Crippen LogP contribution in [-0.2, 0) is 19.1 Å². The molecule has 0 aliphatic carbocycles. The Hall–Kier alpha value is -9.32. The molecule has 0 heterocycles. The van der Waals surface area contributed by atoms with Gasteiger partial charge < -0.3 is 9.47 Å². The standard InChI is InChI=1S/C42H8O4/c1-4-7-8-9-10-11-12-13-14-15-16-17-18-19-20-21-22-23-24-25-26-27-28-29-30-31-32-33-34-35-36-37-38-39-42(45-40(43)5-2)46-41(44)6-3/h5-6H,1-3H2. The molecule has 0 saturated carbocycles. The van der Waals surface area contributed by atoms with Crippen LogP contribution < -0.4 is 0 Å². The van der Waals surface area contributed by atoms with Gasteiger partial charge in [0.2, 0.25) is 0 Å². The second kappa shape index (κ2) is 30.2. The summed E-state index contributed by atoms with van der Waals surface area (Å²) in [6.45, 7) is 9.74. The average molecular weight is 577 g/mol. The van der Waals surface area contributed by atoms with Crippen molar-refractivity contribution in [2.45, 2.75) is 0 Å². The maximum absolute atomic E-state index is 11.2. The van der Waals surface area contributed by atoms with E-state index in [1.807, 2.05) is 0 Å². The van der Waals surface area contributed by atoms with Crippen molar-refractivity contribution >= 4 is 11.9 Å². The van der Waals surface area contributed by atoms with E-state index in [2.05, 4.69) is 224 Å². The molecule has 0 aromatic rings. The van der Waals surface area contributed by atoms with Crippen molar-refractivity contribution in [3.8, 4) is 0 Å². The Morgan fingerprint density at radius 2 is 0.543 bits per heavy atom. The highest BCUT2D eigenvalue weighted by molar-refractivity contribution is 5.84. The molecule has 0 aliphatic rings. The Kier molecular flexibility index (Phi) is 24.1. The Bertz CT molecular complexity index is 2690. The summed E-state index contributed by atoms with van der Waals surface area (Å²) in [5.41, 5.74) is 83.2. The summed E-state index contributed by atoms with van der Waals surface area (Å²) in [6, 6.07) is 0. The number of hydrogen-bond acceptors (Lipinski definition) is 4. The molecule has 0 aromatic heterocycles. The minimum absolute atomic E-state index is 0.580. The largest absolute Gasteiger partial charge is 0.382 e. The third-order valence-corrected chi connectivity index (χ3v) is 2.91. The van der Waals surface area contributed by atoms with Crippen LogP contribution in [0.5, 0.6) is 0 Å². The van der Waals surface area contributed by atoms with E-state index in [4.69, 9.17) is 0 Å². The second-order valence-corrected chi connectivity index (χ2v) is 5.84. The van der Waals surface area contributed by atoms with E-state index in [0.717, 1.165) is 12.2 Å². The van der Waals surface area contributed by atoms with Crippen LogP contribution in [0.1, 0.15) is 0 Å². The van der Waals surface area contributed by atoms with E-state index in [-0.39, 0.29) is 0 Å². The van der Waals surface area contributed by atoms with Crippen LogP contribution in [0.25, 0.3) is 0 Å². The third kappa shape index (κ3) is 27.7. The lowest BCUT2D eigenvalue weighted by Crippen LogP contribution is -2.06. The van der Waals surface area contributed by atoms with Gasteiger partial charge in [-0.2, -0.15) is 0 Å². The van der Waals surface area contributed by atoms with Gasteiger partial charge in [0.1, 0.15) is 0 Å². The van der Waals surface area contributed by atoms with E-state index in [1.54, 1.807) is 0 Å². The predicted molar refractivity (Wildman–Crippen MR) is 161 cm³/mol. The number of hydrogen-bond donors (Lipinski definition) is 0. The molecule has 0 aromatic carbocycles. The van der Waals surface area contributed by atoms with Gasteiger partial charge in [-0.05, 0) is 98.3 Å². The van der Waals surface area contributed by atoms with Gasteiger partial charge in [-0.25, -0.2) is 9.59 Å². The normalized spacial score (nSPS) is 5.04. The topological polar surface area (TPSA) is 52.6 Å². The van der Waals surface area contributed by atoms with Crippen LogP contribution in [0.3, 0.4) is 0 Å². The van der Waals surface area contributed by atoms with Crippen LogP contribution in [0.4, 0.5) is 0 Å². The molecule has 46 heavy (non-hydrogen) atoms. The quantitative estimate of drug-likeness (QED) is 0.173. The zero-order valence-electron chi connectivity index (χ0n) is 23.4. The maximum atomic E-state index is 11.2. The van der Waals surface area contributed by atoms with Gasteiger partial charge in [-0.3, -0.25) is 0 Å². The van der Waals surface area contributed by atoms with Crippen LogP contribution in [0, 0.1) is 0 Å². The monoisotopic (exact) mass is 576 g/mol. The van der Waals surface area contributed by atoms with Crippen LogP contribution >= 0.6 is 0 Å². The molecule has 0 saturated heterocycles. The Labute approximate surface area is 263 Å². The van der Waals surface area contributed by atoms with Crippen LogP contribution in [-0.4, -0.2) is 11.9 Å². The smallest absolute Gasteiger partial charge is 0.352 e. The maximum Gasteiger partial charge on any atom is 0.352 e. The molecule has 0 atom stereocenters. The van der Waals surface area contributed by atoms with E-state index < -0.39 is 17.9 Å². The fourth-order valence-corrected chi connectivity index (χ4v) is 1.40. The summed E-state index contributed by atoms with van der Waals surface area (Å²) in [5.74, 6) is -2.32. The van der Waals surface area contributed by atoms with Crippen molar-refractivity contribution in [1.29, 1.82) is 0 Å². The van der Waals surface area contributed by atoms with Gasteiger partial charge in [-0.15, -0.1) is 0 Å². The first-order valence-corrected chi connectivity index (χ1v) is 11.5. The van der Waals surface area contributed by atoms with Gasteiger partial charge in [-0.1, -0.05) is 18.9 Å². The molecule has 0 unspecified atom stereocenters. The minimum Gasteiger partial charge on any atom is -0.382 e. The molecule has 4 heteroatoms. The van der Waals surface area contributed by atoms with Crippen molar-refractivity contribution < 1.29 is 19.1 Å². The first kappa shape index (κ1) is 36.7. The molecular formula is C42H8O4. The average Bonchev–Trinajstić information content (AvgIpc) is 3.06. The van der Waals surface area contributed by atoms with Crippen molar-refractivity contribution in [3.05, 3.63) is 233 Å². The molecule has 200 valence electrons. The molecule has 0 aliphatic heterocycles. The van der Waals surface area contributed by atoms with E-state index in [1.165, 1.54) is 0 Å². The summed E-state index contributed by atoms with van der Waals surface area (Å²) in [6.07, 6.45) is 1.73. The Morgan fingerprint density at radius 1 is 0.348 bits per heavy atom. The Balaban J connectivity index is 6.13. The molecule has 0 radical (unpaired) electrons. The fraction of sp³-hybridized carbons (Fsp3) is 0. The summed E-state index contributed by atoms with van der Waals surface area (Å²) in [5, 5.41) is 0. The van der Waals surface area contributed by atoms with Crippen molar-refractivity contribution in [2.75, 3.05) is 0 Å². The van der Waals surface area contributed by atoms with Gasteiger partial charge in [0.05, 0.1) is 0 Å². The van der Waals surface area contributed by atoms with Crippen molar-refractivity contribution in [3.63, 3.8) is 0 Å². The van der Waals surface area contributed by atoms with Gasteiger partial charge >= 0.3 is 17.9 Å². The van der Waals surface area contributed by atoms with Crippen molar-refractivity contribution in [1.82, 2.24) is 0 Å². The van der Waals surface area contributed by atoms with Crippen LogP contribution in [0.15, 0.2) is 233 Å². The SMILES string of the molecule is C=C=C=C=C=C=C=C=C=C=C=C=C=C=C=C=C=C=C=C=C=C=C=C=C=C=C=C=C=C=C=C=C=C=C=C(OC(=O)C=C)OC(=O)C=C. The second-order valence-electron chi connectivity index (χ2n) is 5.84. The zero-order valence-corrected chi connectivity index (χ0v) is 23.4. The first-order chi connectivity index (χ1) is 22.6. The summed E-state index contributed by atoms with van der Waals surface area (Å²) in [4.78, 5) is 22.4. The Morgan fingerprint density at radius 3 is 0.739 bits per heavy atom. The summed E-state index contributed by atoms with van der Waals surface area (Å²) >= 11 is 0. The number of carbonyl (C=O) groups excluding carboxylic acids is 2. The lowest BCUT2D eigenvalue weighted by molar-refractivity contribution is -0.147. The molecule has 0 fully saturated rings. The first-order valence-electron chi connectivity index (χ1n) is 11.5. The number of ether oxygens (including phenoxy) is 2. The molecule has 0 N–H and O–H groups in total. The van der Waals surface area contributed by atoms with Gasteiger partial charge in [0, 0.05) is 110 Å². The lowest BCUT2D eigenvalue weighted by Gasteiger charge is -2.01. The highest BCUT2D eigenvalue weighted by atomic mass is 16.7. The number of rotatable bonds is 4. The molecule has 0 rings (SSSR count). The van der Waals surface area contributed by atoms with E-state index in [0.29, 0.717) is 0 Å². The highest BCUT2D eigenvalue weighted by Gasteiger charge is 2.07. The zero-order chi connectivity index (χ0) is 33.6. The molecule has 4 nitrogen and oxygen atoms in total. The molecular weight excluding hydrogens is 568 g/mol. The van der Waals surface area contributed by atoms with Gasteiger partial charge in [0.15, 0.2) is 0 Å². The number of carbonyl (C=O) groups is 2. The van der Waals surface area contributed by atoms with E-state index in [9.17, 15) is 9.59 Å². The predicted octanol–water partition coefficient (Wildman–Crippen LogP) is 6.19. The minimum atomic E-state index is -0.871. The highest BCUT2D eigenvalue weighted by Crippen LogP contribution is 1.99. The lowest BCUT2D eigenvalue weighted by atomic mass is 10.6. The molecule has 0 amide bonds.